The van der Waals surface area contributed by atoms with Gasteiger partial charge in [-0.2, -0.15) is 13.2 Å². The van der Waals surface area contributed by atoms with E-state index in [-0.39, 0.29) is 34.7 Å². The van der Waals surface area contributed by atoms with E-state index >= 15 is 0 Å². The number of aliphatic hydroxyl groups is 1. The summed E-state index contributed by atoms with van der Waals surface area (Å²) in [6, 6.07) is 2.33. The number of hydrogen-bond acceptors (Lipinski definition) is 5. The van der Waals surface area contributed by atoms with Gasteiger partial charge in [-0.25, -0.2) is 4.98 Å². The van der Waals surface area contributed by atoms with E-state index in [1.165, 1.54) is 25.1 Å². The first-order chi connectivity index (χ1) is 16.7. The van der Waals surface area contributed by atoms with E-state index in [1.807, 2.05) is 0 Å². The smallest absolute Gasteiger partial charge is 0.389 e. The molecule has 196 valence electrons. The zero-order valence-electron chi connectivity index (χ0n) is 19.7. The minimum Gasteiger partial charge on any atom is -0.389 e. The average Bonchev–Trinajstić information content (AvgIpc) is 3.27. The number of amides is 3. The molecular weight excluding hydrogens is 503 g/mol. The van der Waals surface area contributed by atoms with Crippen molar-refractivity contribution in [3.8, 4) is 0 Å². The first kappa shape index (κ1) is 27.5. The lowest BCUT2D eigenvalue weighted by Gasteiger charge is -2.39. The van der Waals surface area contributed by atoms with E-state index in [4.69, 9.17) is 17.3 Å². The molecule has 1 aromatic carbocycles. The molecular formula is C23H27ClF3N5O4. The number of primary amides is 1. The highest BCUT2D eigenvalue weighted by Gasteiger charge is 2.36. The van der Waals surface area contributed by atoms with E-state index in [0.29, 0.717) is 25.7 Å². The second kappa shape index (κ2) is 10.5. The van der Waals surface area contributed by atoms with Crippen molar-refractivity contribution in [3.05, 3.63) is 46.5 Å². The molecule has 9 nitrogen and oxygen atoms in total. The topological polar surface area (TPSA) is 141 Å². The van der Waals surface area contributed by atoms with Crippen molar-refractivity contribution in [2.75, 3.05) is 11.9 Å². The van der Waals surface area contributed by atoms with Crippen LogP contribution < -0.4 is 11.1 Å². The van der Waals surface area contributed by atoms with Gasteiger partial charge in [0.25, 0.3) is 11.8 Å². The number of alkyl halides is 3. The van der Waals surface area contributed by atoms with Gasteiger partial charge >= 0.3 is 6.18 Å². The quantitative estimate of drug-likeness (QED) is 0.433. The highest BCUT2D eigenvalue weighted by molar-refractivity contribution is 6.33. The van der Waals surface area contributed by atoms with Gasteiger partial charge in [0.1, 0.15) is 5.69 Å². The lowest BCUT2D eigenvalue weighted by atomic mass is 9.84. The maximum atomic E-state index is 13.3. The minimum atomic E-state index is -4.58. The zero-order chi connectivity index (χ0) is 26.8. The molecule has 36 heavy (non-hydrogen) atoms. The van der Waals surface area contributed by atoms with Crippen LogP contribution in [-0.4, -0.2) is 55.9 Å². The molecule has 0 spiro atoms. The summed E-state index contributed by atoms with van der Waals surface area (Å²) < 4.78 is 39.1. The molecule has 1 aromatic heterocycles. The highest BCUT2D eigenvalue weighted by atomic mass is 35.5. The Morgan fingerprint density at radius 3 is 2.42 bits per heavy atom. The van der Waals surface area contributed by atoms with Crippen molar-refractivity contribution in [1.29, 1.82) is 0 Å². The van der Waals surface area contributed by atoms with Crippen molar-refractivity contribution in [2.45, 2.75) is 57.3 Å². The van der Waals surface area contributed by atoms with Crippen LogP contribution in [-0.2, 0) is 11.0 Å². The van der Waals surface area contributed by atoms with Crippen LogP contribution in [0.3, 0.4) is 0 Å². The number of carbonyl (C=O) groups excluding carboxylic acids is 3. The van der Waals surface area contributed by atoms with Gasteiger partial charge in [0.05, 0.1) is 28.2 Å². The number of aromatic nitrogens is 2. The van der Waals surface area contributed by atoms with Crippen molar-refractivity contribution in [1.82, 2.24) is 14.9 Å². The lowest BCUT2D eigenvalue weighted by molar-refractivity contribution is -0.137. The van der Waals surface area contributed by atoms with Crippen molar-refractivity contribution >= 4 is 35.0 Å². The second-order valence-electron chi connectivity index (χ2n) is 9.42. The van der Waals surface area contributed by atoms with Gasteiger partial charge in [-0.15, -0.1) is 0 Å². The van der Waals surface area contributed by atoms with Crippen LogP contribution in [0.25, 0.3) is 0 Å². The largest absolute Gasteiger partial charge is 0.416 e. The molecule has 3 rings (SSSR count). The van der Waals surface area contributed by atoms with Crippen LogP contribution in [0.1, 0.15) is 66.1 Å². The number of carbonyl (C=O) groups is 3. The molecule has 0 atom stereocenters. The fraction of sp³-hybridized carbons (Fsp3) is 0.478. The molecule has 0 radical (unpaired) electrons. The highest BCUT2D eigenvalue weighted by Crippen LogP contribution is 2.35. The molecule has 1 fully saturated rings. The normalized spacial score (nSPS) is 18.5. The van der Waals surface area contributed by atoms with Gasteiger partial charge in [0.15, 0.2) is 5.69 Å². The number of aromatic amines is 1. The van der Waals surface area contributed by atoms with Gasteiger partial charge in [-0.1, -0.05) is 11.6 Å². The number of halogens is 4. The van der Waals surface area contributed by atoms with Crippen molar-refractivity contribution < 1.29 is 32.7 Å². The van der Waals surface area contributed by atoms with E-state index in [9.17, 15) is 32.7 Å². The number of nitrogens with one attached hydrogen (secondary N) is 2. The van der Waals surface area contributed by atoms with Crippen molar-refractivity contribution in [3.63, 3.8) is 0 Å². The standard InChI is InChI=1S/C23H27ClF3N5O4/c1-22(2,36)10-32(21(35)18-17(19(28)33)29-11-30-18)14-6-3-12(4-7-14)20(34)31-16-9-13(23(25,26)27)5-8-15(16)24/h5,8-9,11-12,14,36H,3-4,6-7,10H2,1-2H3,(H2,28,33)(H,29,30)(H,31,34). The molecule has 3 amide bonds. The predicted octanol–water partition coefficient (Wildman–Crippen LogP) is 3.59. The first-order valence-corrected chi connectivity index (χ1v) is 11.6. The third-order valence-electron chi connectivity index (χ3n) is 5.96. The Balaban J connectivity index is 1.72. The Morgan fingerprint density at radius 2 is 1.86 bits per heavy atom. The maximum Gasteiger partial charge on any atom is 0.416 e. The van der Waals surface area contributed by atoms with Crippen LogP contribution in [0.5, 0.6) is 0 Å². The molecule has 13 heteroatoms. The molecule has 0 saturated heterocycles. The Labute approximate surface area is 210 Å². The summed E-state index contributed by atoms with van der Waals surface area (Å²) in [5.74, 6) is -2.43. The molecule has 0 bridgehead atoms. The van der Waals surface area contributed by atoms with Crippen LogP contribution in [0.4, 0.5) is 18.9 Å². The molecule has 0 aliphatic heterocycles. The first-order valence-electron chi connectivity index (χ1n) is 11.2. The summed E-state index contributed by atoms with van der Waals surface area (Å²) in [5.41, 5.74) is 2.68. The summed E-state index contributed by atoms with van der Waals surface area (Å²) in [5, 5.41) is 12.9. The zero-order valence-corrected chi connectivity index (χ0v) is 20.4. The van der Waals surface area contributed by atoms with Gasteiger partial charge in [0.2, 0.25) is 5.91 Å². The molecule has 5 N–H and O–H groups in total. The number of anilines is 1. The number of H-pyrrole nitrogens is 1. The molecule has 2 aromatic rings. The SMILES string of the molecule is CC(C)(O)CN(C(=O)c1[nH]cnc1C(N)=O)C1CCC(C(=O)Nc2cc(C(F)(F)F)ccc2Cl)CC1. The van der Waals surface area contributed by atoms with Crippen LogP contribution in [0, 0.1) is 5.92 Å². The number of nitrogens with zero attached hydrogens (tertiary/aromatic N) is 2. The Kier molecular flexibility index (Phi) is 7.99. The summed E-state index contributed by atoms with van der Waals surface area (Å²) in [6.07, 6.45) is -1.95. The van der Waals surface area contributed by atoms with Crippen LogP contribution in [0.2, 0.25) is 5.02 Å². The molecule has 1 heterocycles. The monoisotopic (exact) mass is 529 g/mol. The minimum absolute atomic E-state index is 0.0169. The van der Waals surface area contributed by atoms with Crippen molar-refractivity contribution in [2.24, 2.45) is 11.7 Å². The molecule has 1 aliphatic carbocycles. The Hall–Kier alpha value is -3.12. The van der Waals surface area contributed by atoms with E-state index in [0.717, 1.165) is 18.2 Å². The third kappa shape index (κ3) is 6.55. The summed E-state index contributed by atoms with van der Waals surface area (Å²) in [7, 11) is 0. The van der Waals surface area contributed by atoms with Gasteiger partial charge in [0, 0.05) is 18.5 Å². The number of nitrogens with two attached hydrogens (primary N) is 1. The number of rotatable bonds is 7. The molecule has 0 unspecified atom stereocenters. The van der Waals surface area contributed by atoms with Gasteiger partial charge in [-0.3, -0.25) is 14.4 Å². The van der Waals surface area contributed by atoms with E-state index in [1.54, 1.807) is 0 Å². The second-order valence-corrected chi connectivity index (χ2v) is 9.83. The summed E-state index contributed by atoms with van der Waals surface area (Å²) in [4.78, 5) is 45.5. The van der Waals surface area contributed by atoms with E-state index in [2.05, 4.69) is 15.3 Å². The number of benzene rings is 1. The number of hydrogen-bond donors (Lipinski definition) is 4. The van der Waals surface area contributed by atoms with Crippen LogP contribution in [0.15, 0.2) is 24.5 Å². The number of imidazole rings is 1. The summed E-state index contributed by atoms with van der Waals surface area (Å²) >= 11 is 5.98. The molecule has 1 saturated carbocycles. The maximum absolute atomic E-state index is 13.3. The summed E-state index contributed by atoms with van der Waals surface area (Å²) in [6.45, 7) is 3.02. The van der Waals surface area contributed by atoms with E-state index < -0.39 is 41.0 Å². The Bertz CT molecular complexity index is 1140. The third-order valence-corrected chi connectivity index (χ3v) is 6.29. The fourth-order valence-electron chi connectivity index (χ4n) is 4.25. The Morgan fingerprint density at radius 1 is 1.22 bits per heavy atom. The fourth-order valence-corrected chi connectivity index (χ4v) is 4.42. The molecule has 1 aliphatic rings. The van der Waals surface area contributed by atoms with Gasteiger partial charge in [-0.05, 0) is 57.7 Å². The lowest BCUT2D eigenvalue weighted by Crippen LogP contribution is -2.50. The predicted molar refractivity (Wildman–Crippen MR) is 125 cm³/mol. The van der Waals surface area contributed by atoms with Gasteiger partial charge < -0.3 is 26.0 Å². The average molecular weight is 530 g/mol. The van der Waals surface area contributed by atoms with Crippen LogP contribution >= 0.6 is 11.6 Å².